The van der Waals surface area contributed by atoms with Crippen LogP contribution in [0.2, 0.25) is 0 Å². The molecule has 0 fully saturated rings. The van der Waals surface area contributed by atoms with Crippen molar-refractivity contribution in [3.05, 3.63) is 36.0 Å². The standard InChI is InChI=1S/C23H39NO3/c1-15(14-20-10-8-9-13-23(20,6)7)11-12-16(2)21(26)17(3)22(27)18(4)24-19(5)25/h8,10-12,14,16-18,20-22,26-27H,9,13H2,1-7H3,(H,24,25)/b12-11+,15-14+/t16-,17+,18-,20-,21-,22+/m1/s1. The molecule has 0 unspecified atom stereocenters. The van der Waals surface area contributed by atoms with Crippen LogP contribution in [0.5, 0.6) is 0 Å². The summed E-state index contributed by atoms with van der Waals surface area (Å²) in [6, 6.07) is -0.398. The Morgan fingerprint density at radius 1 is 1.19 bits per heavy atom. The summed E-state index contributed by atoms with van der Waals surface area (Å²) in [5.41, 5.74) is 1.45. The molecule has 0 spiro atoms. The molecule has 1 amide bonds. The first-order chi connectivity index (χ1) is 12.5. The van der Waals surface area contributed by atoms with E-state index in [0.717, 1.165) is 6.42 Å². The molecular weight excluding hydrogens is 338 g/mol. The molecule has 0 saturated carbocycles. The third kappa shape index (κ3) is 7.27. The Morgan fingerprint density at radius 3 is 2.37 bits per heavy atom. The Kier molecular flexibility index (Phi) is 8.97. The summed E-state index contributed by atoms with van der Waals surface area (Å²) in [7, 11) is 0. The van der Waals surface area contributed by atoms with Gasteiger partial charge in [0.25, 0.3) is 0 Å². The fourth-order valence-electron chi connectivity index (χ4n) is 3.70. The largest absolute Gasteiger partial charge is 0.392 e. The van der Waals surface area contributed by atoms with Crippen molar-refractivity contribution in [2.24, 2.45) is 23.2 Å². The molecule has 4 heteroatoms. The van der Waals surface area contributed by atoms with Crippen LogP contribution in [0, 0.1) is 23.2 Å². The van der Waals surface area contributed by atoms with E-state index in [-0.39, 0.29) is 23.2 Å². The van der Waals surface area contributed by atoms with Gasteiger partial charge in [-0.15, -0.1) is 0 Å². The number of amides is 1. The SMILES string of the molecule is CC(=O)N[C@H](C)[C@@H](O)[C@@H](C)[C@H](O)[C@H](C)/C=C/C(C)=C/[C@H]1C=CCCC1(C)C. The van der Waals surface area contributed by atoms with E-state index >= 15 is 0 Å². The van der Waals surface area contributed by atoms with Crippen LogP contribution in [0.4, 0.5) is 0 Å². The Morgan fingerprint density at radius 2 is 1.81 bits per heavy atom. The second kappa shape index (κ2) is 10.2. The number of hydrogen-bond acceptors (Lipinski definition) is 3. The Hall–Kier alpha value is -1.39. The van der Waals surface area contributed by atoms with Gasteiger partial charge in [0, 0.05) is 24.7 Å². The Labute approximate surface area is 165 Å². The first kappa shape index (κ1) is 23.6. The van der Waals surface area contributed by atoms with Gasteiger partial charge >= 0.3 is 0 Å². The van der Waals surface area contributed by atoms with Gasteiger partial charge in [-0.25, -0.2) is 0 Å². The van der Waals surface area contributed by atoms with Crippen LogP contribution >= 0.6 is 0 Å². The normalized spacial score (nSPS) is 25.7. The lowest BCUT2D eigenvalue weighted by atomic mass is 9.71. The first-order valence-corrected chi connectivity index (χ1v) is 10.1. The third-order valence-electron chi connectivity index (χ3n) is 5.87. The highest BCUT2D eigenvalue weighted by Gasteiger charge is 2.30. The fourth-order valence-corrected chi connectivity index (χ4v) is 3.70. The molecule has 27 heavy (non-hydrogen) atoms. The zero-order chi connectivity index (χ0) is 20.8. The second-order valence-electron chi connectivity index (χ2n) is 8.94. The number of aliphatic hydroxyl groups is 2. The molecule has 0 aromatic heterocycles. The van der Waals surface area contributed by atoms with Crippen LogP contribution < -0.4 is 5.32 Å². The quantitative estimate of drug-likeness (QED) is 0.442. The van der Waals surface area contributed by atoms with Crippen molar-refractivity contribution in [3.8, 4) is 0 Å². The molecule has 154 valence electrons. The molecule has 1 aliphatic rings. The molecule has 0 aromatic carbocycles. The van der Waals surface area contributed by atoms with E-state index in [4.69, 9.17) is 0 Å². The molecule has 1 rings (SSSR count). The van der Waals surface area contributed by atoms with Crippen molar-refractivity contribution in [3.63, 3.8) is 0 Å². The van der Waals surface area contributed by atoms with Crippen LogP contribution in [0.15, 0.2) is 36.0 Å². The summed E-state index contributed by atoms with van der Waals surface area (Å²) in [5.74, 6) is -0.208. The topological polar surface area (TPSA) is 69.6 Å². The van der Waals surface area contributed by atoms with Gasteiger partial charge in [0.1, 0.15) is 0 Å². The first-order valence-electron chi connectivity index (χ1n) is 10.1. The number of hydrogen-bond donors (Lipinski definition) is 3. The number of nitrogens with one attached hydrogen (secondary N) is 1. The van der Waals surface area contributed by atoms with Crippen LogP contribution in [-0.4, -0.2) is 34.4 Å². The lowest BCUT2D eigenvalue weighted by Gasteiger charge is -2.33. The van der Waals surface area contributed by atoms with E-state index in [1.54, 1.807) is 6.92 Å². The van der Waals surface area contributed by atoms with Gasteiger partial charge in [-0.2, -0.15) is 0 Å². The summed E-state index contributed by atoms with van der Waals surface area (Å²) in [5, 5.41) is 23.7. The minimum Gasteiger partial charge on any atom is -0.392 e. The summed E-state index contributed by atoms with van der Waals surface area (Å²) in [6.45, 7) is 13.6. The van der Waals surface area contributed by atoms with Crippen molar-refractivity contribution < 1.29 is 15.0 Å². The molecule has 0 bridgehead atoms. The summed E-state index contributed by atoms with van der Waals surface area (Å²) in [6.07, 6.45) is 11.8. The zero-order valence-corrected chi connectivity index (χ0v) is 18.1. The third-order valence-corrected chi connectivity index (χ3v) is 5.87. The van der Waals surface area contributed by atoms with Crippen molar-refractivity contribution in [1.29, 1.82) is 0 Å². The maximum absolute atomic E-state index is 11.2. The van der Waals surface area contributed by atoms with Crippen molar-refractivity contribution >= 4 is 5.91 Å². The molecule has 0 radical (unpaired) electrons. The van der Waals surface area contributed by atoms with Crippen LogP contribution in [-0.2, 0) is 4.79 Å². The highest BCUT2D eigenvalue weighted by atomic mass is 16.3. The van der Waals surface area contributed by atoms with Gasteiger partial charge in [0.05, 0.1) is 18.2 Å². The number of aliphatic hydroxyl groups excluding tert-OH is 2. The minimum atomic E-state index is -0.801. The van der Waals surface area contributed by atoms with Crippen LogP contribution in [0.3, 0.4) is 0 Å². The Bertz CT molecular complexity index is 576. The zero-order valence-electron chi connectivity index (χ0n) is 18.1. The molecular formula is C23H39NO3. The predicted molar refractivity (Wildman–Crippen MR) is 112 cm³/mol. The average Bonchev–Trinajstić information content (AvgIpc) is 2.58. The summed E-state index contributed by atoms with van der Waals surface area (Å²) < 4.78 is 0. The maximum Gasteiger partial charge on any atom is 0.217 e. The molecule has 4 nitrogen and oxygen atoms in total. The van der Waals surface area contributed by atoms with Crippen molar-refractivity contribution in [1.82, 2.24) is 5.32 Å². The van der Waals surface area contributed by atoms with E-state index < -0.39 is 18.2 Å². The van der Waals surface area contributed by atoms with Gasteiger partial charge in [0.2, 0.25) is 5.91 Å². The summed E-state index contributed by atoms with van der Waals surface area (Å²) in [4.78, 5) is 11.2. The maximum atomic E-state index is 11.2. The number of carbonyl (C=O) groups excluding carboxylic acids is 1. The lowest BCUT2D eigenvalue weighted by Crippen LogP contribution is -2.47. The van der Waals surface area contributed by atoms with Crippen molar-refractivity contribution in [2.45, 2.75) is 79.6 Å². The number of allylic oxidation sites excluding steroid dienone is 5. The molecule has 3 N–H and O–H groups in total. The summed E-state index contributed by atoms with van der Waals surface area (Å²) >= 11 is 0. The number of rotatable bonds is 8. The van der Waals surface area contributed by atoms with Gasteiger partial charge in [-0.3, -0.25) is 4.79 Å². The number of carbonyl (C=O) groups is 1. The Balaban J connectivity index is 2.71. The van der Waals surface area contributed by atoms with Gasteiger partial charge in [-0.1, -0.05) is 63.6 Å². The van der Waals surface area contributed by atoms with Gasteiger partial charge < -0.3 is 15.5 Å². The monoisotopic (exact) mass is 377 g/mol. The van der Waals surface area contributed by atoms with E-state index in [1.165, 1.54) is 18.9 Å². The van der Waals surface area contributed by atoms with E-state index in [9.17, 15) is 15.0 Å². The fraction of sp³-hybridized carbons (Fsp3) is 0.696. The van der Waals surface area contributed by atoms with Crippen molar-refractivity contribution in [2.75, 3.05) is 0 Å². The highest BCUT2D eigenvalue weighted by Crippen LogP contribution is 2.38. The van der Waals surface area contributed by atoms with Gasteiger partial charge in [0.15, 0.2) is 0 Å². The lowest BCUT2D eigenvalue weighted by molar-refractivity contribution is -0.121. The van der Waals surface area contributed by atoms with Crippen LogP contribution in [0.1, 0.15) is 61.3 Å². The molecule has 0 heterocycles. The predicted octanol–water partition coefficient (Wildman–Crippen LogP) is 4.00. The molecule has 0 aromatic rings. The minimum absolute atomic E-state index is 0.0996. The van der Waals surface area contributed by atoms with E-state index in [0.29, 0.717) is 5.92 Å². The molecule has 6 atom stereocenters. The van der Waals surface area contributed by atoms with E-state index in [1.807, 2.05) is 19.9 Å². The molecule has 1 aliphatic carbocycles. The highest BCUT2D eigenvalue weighted by molar-refractivity contribution is 5.73. The van der Waals surface area contributed by atoms with Crippen LogP contribution in [0.25, 0.3) is 0 Å². The van der Waals surface area contributed by atoms with E-state index in [2.05, 4.69) is 50.4 Å². The van der Waals surface area contributed by atoms with Gasteiger partial charge in [-0.05, 0) is 32.1 Å². The second-order valence-corrected chi connectivity index (χ2v) is 8.94. The smallest absolute Gasteiger partial charge is 0.217 e. The molecule has 0 aliphatic heterocycles. The average molecular weight is 378 g/mol. The molecule has 0 saturated heterocycles.